The van der Waals surface area contributed by atoms with Crippen molar-refractivity contribution in [3.8, 4) is 5.75 Å². The molecule has 2 atom stereocenters. The minimum Gasteiger partial charge on any atom is -0.491 e. The molecule has 0 radical (unpaired) electrons. The van der Waals surface area contributed by atoms with Crippen LogP contribution in [0.4, 0.5) is 10.1 Å². The number of carbonyl (C=O) groups is 1. The molecule has 0 aliphatic carbocycles. The molecule has 0 fully saturated rings. The van der Waals surface area contributed by atoms with Crippen molar-refractivity contribution in [3.63, 3.8) is 0 Å². The number of sulfonamides is 1. The van der Waals surface area contributed by atoms with Gasteiger partial charge in [0.1, 0.15) is 24.2 Å². The molecule has 0 aliphatic rings. The average molecular weight is 423 g/mol. The number of rotatable bonds is 9. The van der Waals surface area contributed by atoms with Gasteiger partial charge < -0.3 is 10.1 Å². The van der Waals surface area contributed by atoms with Crippen LogP contribution in [0, 0.1) is 12.7 Å². The Labute approximate surface area is 171 Å². The predicted octanol–water partition coefficient (Wildman–Crippen LogP) is 3.26. The summed E-state index contributed by atoms with van der Waals surface area (Å²) in [5, 5.41) is 2.81. The molecule has 2 aromatic carbocycles. The molecule has 0 unspecified atom stereocenters. The van der Waals surface area contributed by atoms with Gasteiger partial charge in [-0.2, -0.15) is 0 Å². The van der Waals surface area contributed by atoms with E-state index in [1.165, 1.54) is 12.1 Å². The molecule has 0 aromatic heterocycles. The zero-order chi connectivity index (χ0) is 21.6. The standard InChI is InChI=1S/C21H27FN2O4S/c1-5-19(24(29(4,26)27)18-12-10-17(22)11-13-18)21(25)23-16(3)14-28-20-9-7-6-8-15(20)2/h6-13,16,19H,5,14H2,1-4H3,(H,23,25)/t16-,19-/m1/s1. The Morgan fingerprint density at radius 3 is 2.34 bits per heavy atom. The third-order valence-electron chi connectivity index (χ3n) is 4.38. The molecule has 0 saturated heterocycles. The molecule has 2 rings (SSSR count). The third kappa shape index (κ3) is 6.19. The lowest BCUT2D eigenvalue weighted by molar-refractivity contribution is -0.123. The van der Waals surface area contributed by atoms with Crippen LogP contribution in [-0.4, -0.2) is 39.3 Å². The second-order valence-electron chi connectivity index (χ2n) is 6.95. The van der Waals surface area contributed by atoms with Gasteiger partial charge in [0.2, 0.25) is 15.9 Å². The van der Waals surface area contributed by atoms with E-state index in [4.69, 9.17) is 4.74 Å². The fourth-order valence-electron chi connectivity index (χ4n) is 2.96. The number of benzene rings is 2. The van der Waals surface area contributed by atoms with Gasteiger partial charge in [0.25, 0.3) is 0 Å². The van der Waals surface area contributed by atoms with E-state index in [9.17, 15) is 17.6 Å². The molecule has 0 saturated carbocycles. The highest BCUT2D eigenvalue weighted by Crippen LogP contribution is 2.23. The van der Waals surface area contributed by atoms with Crippen LogP contribution in [0.15, 0.2) is 48.5 Å². The monoisotopic (exact) mass is 422 g/mol. The summed E-state index contributed by atoms with van der Waals surface area (Å²) in [5.74, 6) is -0.200. The summed E-state index contributed by atoms with van der Waals surface area (Å²) < 4.78 is 44.8. The fourth-order valence-corrected chi connectivity index (χ4v) is 4.17. The SMILES string of the molecule is CC[C@H](C(=O)N[C@H](C)COc1ccccc1C)N(c1ccc(F)cc1)S(C)(=O)=O. The van der Waals surface area contributed by atoms with Crippen molar-refractivity contribution in [1.29, 1.82) is 0 Å². The number of hydrogen-bond donors (Lipinski definition) is 1. The molecule has 6 nitrogen and oxygen atoms in total. The Kier molecular flexibility index (Phi) is 7.61. The molecule has 0 heterocycles. The third-order valence-corrected chi connectivity index (χ3v) is 5.56. The minimum atomic E-state index is -3.77. The van der Waals surface area contributed by atoms with Crippen molar-refractivity contribution in [3.05, 3.63) is 59.9 Å². The summed E-state index contributed by atoms with van der Waals surface area (Å²) in [5.41, 5.74) is 1.22. The van der Waals surface area contributed by atoms with Crippen LogP contribution in [0.5, 0.6) is 5.75 Å². The topological polar surface area (TPSA) is 75.7 Å². The normalized spacial score (nSPS) is 13.4. The zero-order valence-corrected chi connectivity index (χ0v) is 17.9. The highest BCUT2D eigenvalue weighted by molar-refractivity contribution is 7.92. The molecule has 158 valence electrons. The zero-order valence-electron chi connectivity index (χ0n) is 17.1. The van der Waals surface area contributed by atoms with Gasteiger partial charge >= 0.3 is 0 Å². The smallest absolute Gasteiger partial charge is 0.244 e. The van der Waals surface area contributed by atoms with Gasteiger partial charge in [0, 0.05) is 0 Å². The summed E-state index contributed by atoms with van der Waals surface area (Å²) in [6, 6.07) is 11.3. The summed E-state index contributed by atoms with van der Waals surface area (Å²) in [6.45, 7) is 5.67. The van der Waals surface area contributed by atoms with Crippen LogP contribution in [0.3, 0.4) is 0 Å². The van der Waals surface area contributed by atoms with E-state index in [1.54, 1.807) is 13.8 Å². The number of aryl methyl sites for hydroxylation is 1. The van der Waals surface area contributed by atoms with Gasteiger partial charge in [-0.15, -0.1) is 0 Å². The fraction of sp³-hybridized carbons (Fsp3) is 0.381. The van der Waals surface area contributed by atoms with Crippen molar-refractivity contribution in [2.24, 2.45) is 0 Å². The van der Waals surface area contributed by atoms with E-state index >= 15 is 0 Å². The molecule has 29 heavy (non-hydrogen) atoms. The first-order valence-electron chi connectivity index (χ1n) is 9.37. The van der Waals surface area contributed by atoms with Gasteiger partial charge in [-0.25, -0.2) is 12.8 Å². The van der Waals surface area contributed by atoms with Gasteiger partial charge in [0.15, 0.2) is 0 Å². The van der Waals surface area contributed by atoms with Crippen LogP contribution in [0.2, 0.25) is 0 Å². The Hall–Kier alpha value is -2.61. The van der Waals surface area contributed by atoms with Crippen molar-refractivity contribution in [1.82, 2.24) is 5.32 Å². The number of nitrogens with zero attached hydrogens (tertiary/aromatic N) is 1. The highest BCUT2D eigenvalue weighted by Gasteiger charge is 2.32. The summed E-state index contributed by atoms with van der Waals surface area (Å²) in [6.07, 6.45) is 1.28. The molecular formula is C21H27FN2O4S. The number of ether oxygens (including phenoxy) is 1. The maximum Gasteiger partial charge on any atom is 0.244 e. The molecule has 8 heteroatoms. The summed E-state index contributed by atoms with van der Waals surface area (Å²) in [7, 11) is -3.77. The minimum absolute atomic E-state index is 0.236. The van der Waals surface area contributed by atoms with Crippen LogP contribution < -0.4 is 14.4 Å². The lowest BCUT2D eigenvalue weighted by Crippen LogP contribution is -2.52. The number of anilines is 1. The molecule has 0 aliphatic heterocycles. The Balaban J connectivity index is 2.12. The van der Waals surface area contributed by atoms with Crippen molar-refractivity contribution in [2.75, 3.05) is 17.2 Å². The quantitative estimate of drug-likeness (QED) is 0.673. The Morgan fingerprint density at radius 1 is 1.17 bits per heavy atom. The first-order chi connectivity index (χ1) is 13.6. The van der Waals surface area contributed by atoms with Crippen molar-refractivity contribution < 1.29 is 22.3 Å². The van der Waals surface area contributed by atoms with Crippen LogP contribution in [-0.2, 0) is 14.8 Å². The van der Waals surface area contributed by atoms with E-state index in [2.05, 4.69) is 5.32 Å². The predicted molar refractivity (Wildman–Crippen MR) is 112 cm³/mol. The maximum atomic E-state index is 13.3. The lowest BCUT2D eigenvalue weighted by Gasteiger charge is -2.31. The van der Waals surface area contributed by atoms with Crippen LogP contribution in [0.1, 0.15) is 25.8 Å². The maximum absolute atomic E-state index is 13.3. The average Bonchev–Trinajstić information content (AvgIpc) is 2.65. The van der Waals surface area contributed by atoms with E-state index in [0.717, 1.165) is 34.0 Å². The Bertz CT molecular complexity index is 932. The molecule has 0 spiro atoms. The second kappa shape index (κ2) is 9.73. The van der Waals surface area contributed by atoms with Crippen molar-refractivity contribution >= 4 is 21.6 Å². The van der Waals surface area contributed by atoms with E-state index in [-0.39, 0.29) is 24.8 Å². The van der Waals surface area contributed by atoms with Gasteiger partial charge in [-0.1, -0.05) is 25.1 Å². The number of nitrogens with one attached hydrogen (secondary N) is 1. The highest BCUT2D eigenvalue weighted by atomic mass is 32.2. The lowest BCUT2D eigenvalue weighted by atomic mass is 10.1. The molecule has 1 amide bonds. The van der Waals surface area contributed by atoms with Gasteiger partial charge in [-0.3, -0.25) is 9.10 Å². The number of halogens is 1. The van der Waals surface area contributed by atoms with E-state index in [0.29, 0.717) is 0 Å². The molecular weight excluding hydrogens is 395 g/mol. The number of amides is 1. The second-order valence-corrected chi connectivity index (χ2v) is 8.80. The summed E-state index contributed by atoms with van der Waals surface area (Å²) in [4.78, 5) is 12.8. The first-order valence-corrected chi connectivity index (χ1v) is 11.2. The van der Waals surface area contributed by atoms with E-state index in [1.807, 2.05) is 31.2 Å². The van der Waals surface area contributed by atoms with Crippen molar-refractivity contribution in [2.45, 2.75) is 39.3 Å². The number of carbonyl (C=O) groups excluding carboxylic acids is 1. The van der Waals surface area contributed by atoms with E-state index < -0.39 is 27.8 Å². The molecule has 0 bridgehead atoms. The first kappa shape index (κ1) is 22.7. The molecule has 1 N–H and O–H groups in total. The largest absolute Gasteiger partial charge is 0.491 e. The van der Waals surface area contributed by atoms with Crippen LogP contribution in [0.25, 0.3) is 0 Å². The molecule has 2 aromatic rings. The van der Waals surface area contributed by atoms with Gasteiger partial charge in [-0.05, 0) is 56.2 Å². The van der Waals surface area contributed by atoms with Crippen LogP contribution >= 0.6 is 0 Å². The Morgan fingerprint density at radius 2 is 1.79 bits per heavy atom. The number of hydrogen-bond acceptors (Lipinski definition) is 4. The summed E-state index contributed by atoms with van der Waals surface area (Å²) >= 11 is 0. The number of para-hydroxylation sites is 1. The van der Waals surface area contributed by atoms with Gasteiger partial charge in [0.05, 0.1) is 18.0 Å².